The Kier molecular flexibility index (Phi) is 8.53. The van der Waals surface area contributed by atoms with Crippen LogP contribution in [0.4, 0.5) is 17.1 Å². The molecule has 0 saturated carbocycles. The molecule has 0 spiro atoms. The lowest BCUT2D eigenvalue weighted by Crippen LogP contribution is -2.10. The molecule has 1 N–H and O–H groups in total. The molecule has 8 rings (SSSR count). The minimum Gasteiger partial charge on any atom is -0.311 e. The molecule has 1 heterocycles. The molecule has 0 radical (unpaired) electrons. The fourth-order valence-corrected chi connectivity index (χ4v) is 6.45. The maximum Gasteiger partial charge on any atom is 0.0702 e. The molecule has 1 aromatic heterocycles. The van der Waals surface area contributed by atoms with Crippen LogP contribution in [0.1, 0.15) is 5.56 Å². The van der Waals surface area contributed by atoms with Gasteiger partial charge in [0.05, 0.1) is 11.2 Å². The molecule has 0 saturated heterocycles. The van der Waals surface area contributed by atoms with E-state index < -0.39 is 0 Å². The first-order chi connectivity index (χ1) is 24.7. The summed E-state index contributed by atoms with van der Waals surface area (Å²) in [6.07, 6.45) is 12.6. The molecule has 6 aromatic carbocycles. The van der Waals surface area contributed by atoms with Crippen LogP contribution >= 0.6 is 0 Å². The number of rotatable bonds is 8. The topological polar surface area (TPSA) is 40.0 Å². The number of allylic oxidation sites excluding steroid dienone is 6. The van der Waals surface area contributed by atoms with Crippen molar-refractivity contribution in [3.63, 3.8) is 0 Å². The Morgan fingerprint density at radius 3 is 1.62 bits per heavy atom. The number of anilines is 3. The fraction of sp³-hybridized carbons (Fsp3) is 0.0213. The molecule has 0 amide bonds. The fourth-order valence-electron chi connectivity index (χ4n) is 6.45. The first kappa shape index (κ1) is 30.7. The van der Waals surface area contributed by atoms with E-state index in [2.05, 4.69) is 155 Å². The highest BCUT2D eigenvalue weighted by Gasteiger charge is 2.14. The lowest BCUT2D eigenvalue weighted by molar-refractivity contribution is 1.23. The summed E-state index contributed by atoms with van der Waals surface area (Å²) in [4.78, 5) is 6.99. The Bertz CT molecular complexity index is 2360. The molecule has 3 nitrogen and oxygen atoms in total. The van der Waals surface area contributed by atoms with Gasteiger partial charge < -0.3 is 10.3 Å². The van der Waals surface area contributed by atoms with Crippen LogP contribution in [0, 0.1) is 5.41 Å². The molecule has 3 heteroatoms. The zero-order valence-corrected chi connectivity index (χ0v) is 27.6. The average molecular weight is 642 g/mol. The van der Waals surface area contributed by atoms with Crippen LogP contribution in [-0.4, -0.2) is 10.7 Å². The normalized spacial score (nSPS) is 13.2. The summed E-state index contributed by atoms with van der Waals surface area (Å²) in [6.45, 7) is 0. The summed E-state index contributed by atoms with van der Waals surface area (Å²) in [5.41, 5.74) is 14.0. The Balaban J connectivity index is 1.10. The van der Waals surface area contributed by atoms with Crippen LogP contribution < -0.4 is 4.90 Å². The molecule has 50 heavy (non-hydrogen) atoms. The summed E-state index contributed by atoms with van der Waals surface area (Å²) in [7, 11) is 0. The number of para-hydroxylation sites is 1. The van der Waals surface area contributed by atoms with Crippen molar-refractivity contribution in [2.24, 2.45) is 0 Å². The Morgan fingerprint density at radius 2 is 1.00 bits per heavy atom. The van der Waals surface area contributed by atoms with Gasteiger partial charge in [-0.1, -0.05) is 133 Å². The van der Waals surface area contributed by atoms with E-state index in [1.165, 1.54) is 27.8 Å². The molecule has 0 fully saturated rings. The third-order valence-electron chi connectivity index (χ3n) is 9.21. The molecule has 238 valence electrons. The number of nitrogens with zero attached hydrogens (tertiary/aromatic N) is 2. The van der Waals surface area contributed by atoms with Crippen LogP contribution in [-0.2, 0) is 6.42 Å². The van der Waals surface area contributed by atoms with Crippen molar-refractivity contribution in [3.05, 3.63) is 205 Å². The zero-order valence-electron chi connectivity index (χ0n) is 27.6. The number of hydrogen-bond donors (Lipinski definition) is 1. The second-order valence-electron chi connectivity index (χ2n) is 12.5. The summed E-state index contributed by atoms with van der Waals surface area (Å²) in [6, 6.07) is 56.0. The smallest absolute Gasteiger partial charge is 0.0702 e. The van der Waals surface area contributed by atoms with Crippen LogP contribution in [0.5, 0.6) is 0 Å². The van der Waals surface area contributed by atoms with Crippen molar-refractivity contribution in [1.29, 1.82) is 5.41 Å². The Hall–Kier alpha value is -6.58. The number of hydrogen-bond acceptors (Lipinski definition) is 3. The van der Waals surface area contributed by atoms with Crippen LogP contribution in [0.15, 0.2) is 200 Å². The molecule has 1 aliphatic rings. The van der Waals surface area contributed by atoms with E-state index in [1.807, 2.05) is 48.7 Å². The van der Waals surface area contributed by atoms with E-state index in [-0.39, 0.29) is 0 Å². The first-order valence-electron chi connectivity index (χ1n) is 16.9. The van der Waals surface area contributed by atoms with Crippen molar-refractivity contribution in [2.45, 2.75) is 6.42 Å². The number of pyridine rings is 1. The lowest BCUT2D eigenvalue weighted by Gasteiger charge is -2.26. The van der Waals surface area contributed by atoms with Crippen molar-refractivity contribution >= 4 is 33.7 Å². The van der Waals surface area contributed by atoms with E-state index >= 15 is 0 Å². The van der Waals surface area contributed by atoms with E-state index in [4.69, 9.17) is 5.41 Å². The van der Waals surface area contributed by atoms with Crippen LogP contribution in [0.25, 0.3) is 44.3 Å². The highest BCUT2D eigenvalue weighted by molar-refractivity contribution is 6.09. The number of aromatic nitrogens is 1. The molecule has 1 aliphatic carbocycles. The minimum atomic E-state index is 0.550. The molecule has 0 bridgehead atoms. The molecule has 0 unspecified atom stereocenters. The van der Waals surface area contributed by atoms with Crippen molar-refractivity contribution in [3.8, 4) is 33.4 Å². The van der Waals surface area contributed by atoms with Gasteiger partial charge in [-0.2, -0.15) is 0 Å². The van der Waals surface area contributed by atoms with Gasteiger partial charge in [0.2, 0.25) is 0 Å². The zero-order chi connectivity index (χ0) is 33.7. The quantitative estimate of drug-likeness (QED) is 0.179. The Labute approximate surface area is 293 Å². The number of benzene rings is 6. The van der Waals surface area contributed by atoms with Gasteiger partial charge in [0, 0.05) is 34.2 Å². The largest absolute Gasteiger partial charge is 0.311 e. The summed E-state index contributed by atoms with van der Waals surface area (Å²) < 4.78 is 0. The van der Waals surface area contributed by atoms with Gasteiger partial charge in [-0.05, 0) is 100.0 Å². The van der Waals surface area contributed by atoms with Gasteiger partial charge in [0.25, 0.3) is 0 Å². The number of fused-ring (bicyclic) bond motifs is 1. The average Bonchev–Trinajstić information content (AvgIpc) is 3.19. The van der Waals surface area contributed by atoms with E-state index in [0.29, 0.717) is 5.71 Å². The molecular formula is C47H35N3. The predicted octanol–water partition coefficient (Wildman–Crippen LogP) is 12.3. The SMILES string of the molecule is N=C1C=CC=C/C1=C/Cc1ccc(N(c2ccc(-c3ccc(-c4ccccc4)cc3)cc2)c2ccc(-c3cnc4ccccc4c3)cc2)cc1. The van der Waals surface area contributed by atoms with Gasteiger partial charge in [-0.25, -0.2) is 0 Å². The van der Waals surface area contributed by atoms with Gasteiger partial charge in [-0.15, -0.1) is 0 Å². The van der Waals surface area contributed by atoms with Crippen LogP contribution in [0.3, 0.4) is 0 Å². The van der Waals surface area contributed by atoms with Gasteiger partial charge in [-0.3, -0.25) is 4.98 Å². The first-order valence-corrected chi connectivity index (χ1v) is 16.9. The standard InChI is InChI=1S/C47H35N3/c48-46-12-6-4-10-40(46)17-14-34-15-26-43(27-16-34)50(45-30-24-39(25-31-45)42-32-41-11-5-7-13-47(41)49-33-42)44-28-22-38(23-29-44)37-20-18-36(19-21-37)35-8-2-1-3-9-35/h1-13,15-33,48H,14H2/b40-17-,48-46?. The van der Waals surface area contributed by atoms with Crippen molar-refractivity contribution in [2.75, 3.05) is 4.90 Å². The third kappa shape index (κ3) is 6.58. The lowest BCUT2D eigenvalue weighted by atomic mass is 10.00. The van der Waals surface area contributed by atoms with E-state index in [0.717, 1.165) is 51.1 Å². The Morgan fingerprint density at radius 1 is 0.500 bits per heavy atom. The van der Waals surface area contributed by atoms with E-state index in [1.54, 1.807) is 0 Å². The monoisotopic (exact) mass is 641 g/mol. The van der Waals surface area contributed by atoms with Gasteiger partial charge in [0.1, 0.15) is 0 Å². The molecule has 0 atom stereocenters. The van der Waals surface area contributed by atoms with Crippen molar-refractivity contribution in [1.82, 2.24) is 4.98 Å². The summed E-state index contributed by atoms with van der Waals surface area (Å²) >= 11 is 0. The summed E-state index contributed by atoms with van der Waals surface area (Å²) in [5.74, 6) is 0. The third-order valence-corrected chi connectivity index (χ3v) is 9.21. The maximum atomic E-state index is 8.20. The minimum absolute atomic E-state index is 0.550. The van der Waals surface area contributed by atoms with Gasteiger partial charge in [0.15, 0.2) is 0 Å². The molecular weight excluding hydrogens is 607 g/mol. The van der Waals surface area contributed by atoms with Gasteiger partial charge >= 0.3 is 0 Å². The summed E-state index contributed by atoms with van der Waals surface area (Å²) in [5, 5.41) is 9.33. The van der Waals surface area contributed by atoms with E-state index in [9.17, 15) is 0 Å². The molecule has 7 aromatic rings. The number of nitrogens with one attached hydrogen (secondary N) is 1. The predicted molar refractivity (Wildman–Crippen MR) is 211 cm³/mol. The van der Waals surface area contributed by atoms with Crippen molar-refractivity contribution < 1.29 is 0 Å². The highest BCUT2D eigenvalue weighted by Crippen LogP contribution is 2.37. The maximum absolute atomic E-state index is 8.20. The van der Waals surface area contributed by atoms with Crippen LogP contribution in [0.2, 0.25) is 0 Å². The highest BCUT2D eigenvalue weighted by atomic mass is 15.1. The second kappa shape index (κ2) is 13.9. The second-order valence-corrected chi connectivity index (χ2v) is 12.5. The molecule has 0 aliphatic heterocycles.